The van der Waals surface area contributed by atoms with Crippen LogP contribution in [0.15, 0.2) is 65.8 Å². The van der Waals surface area contributed by atoms with Gasteiger partial charge in [0.1, 0.15) is 0 Å². The highest BCUT2D eigenvalue weighted by molar-refractivity contribution is 9.11. The van der Waals surface area contributed by atoms with Crippen molar-refractivity contribution in [1.29, 1.82) is 0 Å². The van der Waals surface area contributed by atoms with E-state index in [1.165, 1.54) is 49.9 Å². The van der Waals surface area contributed by atoms with Gasteiger partial charge in [-0.05, 0) is 72.5 Å². The second-order valence-corrected chi connectivity index (χ2v) is 10.1. The number of pyridine rings is 1. The maximum atomic E-state index is 14.5. The van der Waals surface area contributed by atoms with Crippen LogP contribution in [0.3, 0.4) is 0 Å². The van der Waals surface area contributed by atoms with Crippen molar-refractivity contribution in [1.82, 2.24) is 4.98 Å². The minimum Gasteiger partial charge on any atom is -0.399 e. The Morgan fingerprint density at radius 3 is 1.90 bits per heavy atom. The Kier molecular flexibility index (Phi) is 9.71. The lowest BCUT2D eigenvalue weighted by molar-refractivity contribution is -0.276. The SMILES string of the molecule is Fc1c(F)c(-c2ccc(-c3ccc(CC/C=C/C4CCC(/C=C/Br)CC4)cn3)cc2)c(F)c(F)c1OC(F)(F)F. The highest BCUT2D eigenvalue weighted by atomic mass is 79.9. The number of halogens is 8. The van der Waals surface area contributed by atoms with Gasteiger partial charge < -0.3 is 4.74 Å². The molecule has 0 atom stereocenters. The maximum absolute atomic E-state index is 14.5. The molecular weight excluding hydrogens is 603 g/mol. The van der Waals surface area contributed by atoms with Crippen LogP contribution in [0.25, 0.3) is 22.4 Å². The second-order valence-electron chi connectivity index (χ2n) is 9.60. The molecule has 3 aromatic rings. The molecule has 2 aromatic carbocycles. The molecule has 1 fully saturated rings. The van der Waals surface area contributed by atoms with Crippen LogP contribution in [-0.4, -0.2) is 11.3 Å². The van der Waals surface area contributed by atoms with E-state index in [2.05, 4.69) is 43.9 Å². The topological polar surface area (TPSA) is 22.1 Å². The fourth-order valence-electron chi connectivity index (χ4n) is 4.79. The first-order valence-corrected chi connectivity index (χ1v) is 13.6. The zero-order valence-electron chi connectivity index (χ0n) is 21.1. The summed E-state index contributed by atoms with van der Waals surface area (Å²) in [6.07, 6.45) is 9.40. The van der Waals surface area contributed by atoms with Gasteiger partial charge >= 0.3 is 6.36 Å². The molecule has 0 N–H and O–H groups in total. The lowest BCUT2D eigenvalue weighted by Crippen LogP contribution is -2.20. The van der Waals surface area contributed by atoms with Crippen LogP contribution in [0.2, 0.25) is 0 Å². The summed E-state index contributed by atoms with van der Waals surface area (Å²) in [5.41, 5.74) is 0.752. The highest BCUT2D eigenvalue weighted by Gasteiger charge is 2.37. The Bertz CT molecular complexity index is 1330. The van der Waals surface area contributed by atoms with Gasteiger partial charge in [-0.15, -0.1) is 13.2 Å². The van der Waals surface area contributed by atoms with E-state index in [1.54, 1.807) is 12.3 Å². The minimum atomic E-state index is -5.53. The van der Waals surface area contributed by atoms with Crippen molar-refractivity contribution in [3.8, 4) is 28.1 Å². The van der Waals surface area contributed by atoms with Crippen molar-refractivity contribution >= 4 is 15.9 Å². The van der Waals surface area contributed by atoms with Crippen LogP contribution in [0.1, 0.15) is 37.7 Å². The molecular formula is C30H25BrF7NO. The predicted octanol–water partition coefficient (Wildman–Crippen LogP) is 10.1. The number of aryl methyl sites for hydroxylation is 1. The van der Waals surface area contributed by atoms with Crippen LogP contribution < -0.4 is 4.74 Å². The molecule has 0 amide bonds. The van der Waals surface area contributed by atoms with E-state index in [4.69, 9.17) is 0 Å². The van der Waals surface area contributed by atoms with Gasteiger partial charge in [0, 0.05) is 11.8 Å². The van der Waals surface area contributed by atoms with Crippen LogP contribution in [0, 0.1) is 35.1 Å². The largest absolute Gasteiger partial charge is 0.573 e. The number of nitrogens with zero attached hydrogens (tertiary/aromatic N) is 1. The second kappa shape index (κ2) is 13.0. The standard InChI is InChI=1S/C30H25BrF7NO/c31-16-15-19-7-5-18(6-8-19)3-1-2-4-20-9-14-23(39-17-20)21-10-12-22(13-11-21)24-25(32)27(34)29(28(35)26(24)33)40-30(36,37)38/h1,3,9-19H,2,4-8H2/b3-1+,16-15+. The van der Waals surface area contributed by atoms with Gasteiger partial charge in [0.25, 0.3) is 0 Å². The third-order valence-electron chi connectivity index (χ3n) is 6.90. The fraction of sp³-hybridized carbons (Fsp3) is 0.300. The molecule has 40 heavy (non-hydrogen) atoms. The molecule has 1 saturated carbocycles. The summed E-state index contributed by atoms with van der Waals surface area (Å²) in [6, 6.07) is 8.99. The van der Waals surface area contributed by atoms with E-state index in [0.717, 1.165) is 18.4 Å². The number of hydrogen-bond donors (Lipinski definition) is 0. The fourth-order valence-corrected chi connectivity index (χ4v) is 5.22. The summed E-state index contributed by atoms with van der Waals surface area (Å²) in [5, 5.41) is 0. The summed E-state index contributed by atoms with van der Waals surface area (Å²) >= 11 is 3.34. The quantitative estimate of drug-likeness (QED) is 0.141. The van der Waals surface area contributed by atoms with Gasteiger partial charge in [-0.2, -0.15) is 8.78 Å². The molecule has 0 radical (unpaired) electrons. The Morgan fingerprint density at radius 2 is 1.38 bits per heavy atom. The van der Waals surface area contributed by atoms with Crippen molar-refractivity contribution in [2.24, 2.45) is 11.8 Å². The molecule has 0 spiro atoms. The van der Waals surface area contributed by atoms with Crippen LogP contribution in [-0.2, 0) is 6.42 Å². The van der Waals surface area contributed by atoms with Crippen molar-refractivity contribution in [3.05, 3.63) is 94.6 Å². The Balaban J connectivity index is 1.39. The smallest absolute Gasteiger partial charge is 0.399 e. The van der Waals surface area contributed by atoms with Crippen molar-refractivity contribution in [3.63, 3.8) is 0 Å². The number of aromatic nitrogens is 1. The number of hydrogen-bond acceptors (Lipinski definition) is 2. The Morgan fingerprint density at radius 1 is 0.800 bits per heavy atom. The van der Waals surface area contributed by atoms with Gasteiger partial charge in [0.2, 0.25) is 17.4 Å². The molecule has 0 aliphatic heterocycles. The molecule has 0 bridgehead atoms. The molecule has 1 aliphatic rings. The molecule has 0 saturated heterocycles. The molecule has 0 unspecified atom stereocenters. The average molecular weight is 628 g/mol. The first-order valence-electron chi connectivity index (χ1n) is 12.7. The first-order chi connectivity index (χ1) is 19.1. The van der Waals surface area contributed by atoms with E-state index >= 15 is 0 Å². The lowest BCUT2D eigenvalue weighted by Gasteiger charge is -2.24. The first kappa shape index (κ1) is 29.8. The summed E-state index contributed by atoms with van der Waals surface area (Å²) in [5.74, 6) is -9.47. The third kappa shape index (κ3) is 7.33. The van der Waals surface area contributed by atoms with Gasteiger partial charge in [0.05, 0.1) is 11.3 Å². The van der Waals surface area contributed by atoms with Gasteiger partial charge in [-0.3, -0.25) is 4.98 Å². The van der Waals surface area contributed by atoms with Gasteiger partial charge in [-0.1, -0.05) is 64.5 Å². The molecule has 4 rings (SSSR count). The molecule has 1 aliphatic carbocycles. The van der Waals surface area contributed by atoms with E-state index in [0.29, 0.717) is 23.1 Å². The number of rotatable bonds is 8. The van der Waals surface area contributed by atoms with E-state index in [-0.39, 0.29) is 5.56 Å². The van der Waals surface area contributed by atoms with Crippen molar-refractivity contribution < 1.29 is 35.5 Å². The molecule has 1 aromatic heterocycles. The molecule has 212 valence electrons. The van der Waals surface area contributed by atoms with E-state index in [1.807, 2.05) is 11.1 Å². The van der Waals surface area contributed by atoms with E-state index < -0.39 is 40.9 Å². The summed E-state index contributed by atoms with van der Waals surface area (Å²) < 4.78 is 97.4. The van der Waals surface area contributed by atoms with Crippen molar-refractivity contribution in [2.75, 3.05) is 0 Å². The van der Waals surface area contributed by atoms with Crippen LogP contribution >= 0.6 is 15.9 Å². The molecule has 1 heterocycles. The summed E-state index contributed by atoms with van der Waals surface area (Å²) in [6.45, 7) is 0. The third-order valence-corrected chi connectivity index (χ3v) is 7.21. The predicted molar refractivity (Wildman–Crippen MR) is 143 cm³/mol. The summed E-state index contributed by atoms with van der Waals surface area (Å²) in [7, 11) is 0. The number of allylic oxidation sites excluding steroid dienone is 3. The summed E-state index contributed by atoms with van der Waals surface area (Å²) in [4.78, 5) is 6.37. The van der Waals surface area contributed by atoms with Crippen LogP contribution in [0.4, 0.5) is 30.7 Å². The number of benzene rings is 2. The van der Waals surface area contributed by atoms with Gasteiger partial charge in [0.15, 0.2) is 11.6 Å². The maximum Gasteiger partial charge on any atom is 0.573 e. The monoisotopic (exact) mass is 627 g/mol. The van der Waals surface area contributed by atoms with Crippen LogP contribution in [0.5, 0.6) is 5.75 Å². The normalized spacial score (nSPS) is 18.1. The molecule has 10 heteroatoms. The number of alkyl halides is 3. The van der Waals surface area contributed by atoms with Crippen molar-refractivity contribution in [2.45, 2.75) is 44.9 Å². The van der Waals surface area contributed by atoms with E-state index in [9.17, 15) is 30.7 Å². The highest BCUT2D eigenvalue weighted by Crippen LogP contribution is 2.38. The zero-order valence-corrected chi connectivity index (χ0v) is 22.7. The Labute approximate surface area is 235 Å². The zero-order chi connectivity index (χ0) is 28.9. The van der Waals surface area contributed by atoms with Gasteiger partial charge in [-0.25, -0.2) is 8.78 Å². The lowest BCUT2D eigenvalue weighted by atomic mass is 9.82. The minimum absolute atomic E-state index is 0.272. The average Bonchev–Trinajstić information content (AvgIpc) is 2.94. The number of ether oxygens (including phenoxy) is 1. The molecule has 2 nitrogen and oxygen atoms in total. The Hall–Kier alpha value is -3.14.